The third kappa shape index (κ3) is 2.52. The molecule has 0 atom stereocenters. The fourth-order valence-electron chi connectivity index (χ4n) is 4.09. The van der Waals surface area contributed by atoms with E-state index in [0.717, 1.165) is 0 Å². The topological polar surface area (TPSA) is 0 Å². The van der Waals surface area contributed by atoms with Crippen molar-refractivity contribution in [2.45, 2.75) is 46.0 Å². The van der Waals surface area contributed by atoms with Crippen LogP contribution in [0.1, 0.15) is 55.9 Å². The van der Waals surface area contributed by atoms with E-state index in [0.29, 0.717) is 5.92 Å². The normalized spacial score (nSPS) is 14.5. The Balaban J connectivity index is 1.82. The third-order valence-electron chi connectivity index (χ3n) is 5.74. The maximum atomic E-state index is 2.40. The number of hydrogen-bond donors (Lipinski definition) is 0. The van der Waals surface area contributed by atoms with E-state index in [-0.39, 0.29) is 5.41 Å². The number of aryl methyl sites for hydroxylation is 1. The first kappa shape index (κ1) is 16.1. The molecule has 3 aromatic rings. The molecule has 1 aliphatic carbocycles. The maximum Gasteiger partial charge on any atom is 0.0159 e. The summed E-state index contributed by atoms with van der Waals surface area (Å²) in [6.07, 6.45) is 0. The first-order valence-corrected chi connectivity index (χ1v) is 9.24. The van der Waals surface area contributed by atoms with Crippen molar-refractivity contribution in [3.8, 4) is 22.3 Å². The summed E-state index contributed by atoms with van der Waals surface area (Å²) >= 11 is 0. The summed E-state index contributed by atoms with van der Waals surface area (Å²) in [6, 6.07) is 22.9. The Morgan fingerprint density at radius 1 is 0.680 bits per heavy atom. The lowest BCUT2D eigenvalue weighted by molar-refractivity contribution is 0.660. The largest absolute Gasteiger partial charge is 0.0587 e. The van der Waals surface area contributed by atoms with E-state index in [2.05, 4.69) is 95.3 Å². The number of rotatable bonds is 2. The van der Waals surface area contributed by atoms with Crippen LogP contribution in [0.5, 0.6) is 0 Å². The van der Waals surface area contributed by atoms with Crippen molar-refractivity contribution < 1.29 is 0 Å². The molecule has 0 amide bonds. The average molecular weight is 326 g/mol. The minimum absolute atomic E-state index is 0.0601. The molecule has 0 nitrogen and oxygen atoms in total. The van der Waals surface area contributed by atoms with Crippen LogP contribution in [0.25, 0.3) is 22.3 Å². The average Bonchev–Trinajstić information content (AvgIpc) is 2.82. The second kappa shape index (κ2) is 5.59. The van der Waals surface area contributed by atoms with Crippen molar-refractivity contribution >= 4 is 0 Å². The lowest BCUT2D eigenvalue weighted by Gasteiger charge is -2.22. The summed E-state index contributed by atoms with van der Waals surface area (Å²) < 4.78 is 0. The highest BCUT2D eigenvalue weighted by molar-refractivity contribution is 5.83. The van der Waals surface area contributed by atoms with Crippen molar-refractivity contribution in [3.05, 3.63) is 82.9 Å². The maximum absolute atomic E-state index is 2.40. The van der Waals surface area contributed by atoms with E-state index in [4.69, 9.17) is 0 Å². The molecule has 0 saturated carbocycles. The molecular weight excluding hydrogens is 300 g/mol. The van der Waals surface area contributed by atoms with E-state index in [1.165, 1.54) is 44.5 Å². The van der Waals surface area contributed by atoms with Gasteiger partial charge in [0.2, 0.25) is 0 Å². The Labute approximate surface area is 151 Å². The first-order chi connectivity index (χ1) is 11.9. The van der Waals surface area contributed by atoms with Gasteiger partial charge >= 0.3 is 0 Å². The van der Waals surface area contributed by atoms with Crippen molar-refractivity contribution in [1.29, 1.82) is 0 Å². The van der Waals surface area contributed by atoms with Gasteiger partial charge in [-0.1, -0.05) is 87.9 Å². The first-order valence-electron chi connectivity index (χ1n) is 9.24. The summed E-state index contributed by atoms with van der Waals surface area (Å²) in [4.78, 5) is 0. The highest BCUT2D eigenvalue weighted by Gasteiger charge is 2.35. The van der Waals surface area contributed by atoms with Crippen LogP contribution < -0.4 is 0 Å². The number of benzene rings is 3. The zero-order chi connectivity index (χ0) is 17.8. The Bertz CT molecular complexity index is 940. The standard InChI is InChI=1S/C25H26/c1-16(2)18-7-9-19(10-8-18)20-11-13-22-21-12-6-17(3)14-23(21)25(4,5)24(22)15-20/h6-16H,1-5H3. The summed E-state index contributed by atoms with van der Waals surface area (Å²) in [5.74, 6) is 0.575. The molecule has 0 aliphatic heterocycles. The van der Waals surface area contributed by atoms with E-state index in [1.54, 1.807) is 0 Å². The Morgan fingerprint density at radius 2 is 1.24 bits per heavy atom. The van der Waals surface area contributed by atoms with Gasteiger partial charge in [-0.3, -0.25) is 0 Å². The zero-order valence-electron chi connectivity index (χ0n) is 15.9. The minimum Gasteiger partial charge on any atom is -0.0587 e. The fraction of sp³-hybridized carbons (Fsp3) is 0.280. The monoisotopic (exact) mass is 326 g/mol. The van der Waals surface area contributed by atoms with Crippen LogP contribution in [0.4, 0.5) is 0 Å². The van der Waals surface area contributed by atoms with Gasteiger partial charge in [-0.2, -0.15) is 0 Å². The van der Waals surface area contributed by atoms with Crippen molar-refractivity contribution in [2.24, 2.45) is 0 Å². The third-order valence-corrected chi connectivity index (χ3v) is 5.74. The van der Waals surface area contributed by atoms with Crippen LogP contribution in [0.3, 0.4) is 0 Å². The minimum atomic E-state index is 0.0601. The van der Waals surface area contributed by atoms with Gasteiger partial charge < -0.3 is 0 Å². The van der Waals surface area contributed by atoms with Gasteiger partial charge in [0, 0.05) is 5.41 Å². The van der Waals surface area contributed by atoms with E-state index in [9.17, 15) is 0 Å². The molecule has 0 heteroatoms. The summed E-state index contributed by atoms with van der Waals surface area (Å²) in [7, 11) is 0. The summed E-state index contributed by atoms with van der Waals surface area (Å²) in [5, 5.41) is 0. The van der Waals surface area contributed by atoms with Gasteiger partial charge in [0.05, 0.1) is 0 Å². The Hall–Kier alpha value is -2.34. The second-order valence-electron chi connectivity index (χ2n) is 8.21. The molecule has 0 radical (unpaired) electrons. The lowest BCUT2D eigenvalue weighted by atomic mass is 9.81. The van der Waals surface area contributed by atoms with E-state index < -0.39 is 0 Å². The molecule has 25 heavy (non-hydrogen) atoms. The molecular formula is C25H26. The molecule has 0 unspecified atom stereocenters. The summed E-state index contributed by atoms with van der Waals surface area (Å²) in [5.41, 5.74) is 11.1. The highest BCUT2D eigenvalue weighted by Crippen LogP contribution is 2.49. The van der Waals surface area contributed by atoms with E-state index in [1.807, 2.05) is 0 Å². The van der Waals surface area contributed by atoms with Gasteiger partial charge in [-0.05, 0) is 57.9 Å². The van der Waals surface area contributed by atoms with Gasteiger partial charge in [0.1, 0.15) is 0 Å². The van der Waals surface area contributed by atoms with Gasteiger partial charge in [0.25, 0.3) is 0 Å². The molecule has 3 aromatic carbocycles. The van der Waals surface area contributed by atoms with Crippen LogP contribution in [0.15, 0.2) is 60.7 Å². The van der Waals surface area contributed by atoms with Crippen molar-refractivity contribution in [2.75, 3.05) is 0 Å². The number of hydrogen-bond acceptors (Lipinski definition) is 0. The second-order valence-corrected chi connectivity index (χ2v) is 8.21. The molecule has 0 fully saturated rings. The molecule has 4 rings (SSSR count). The number of fused-ring (bicyclic) bond motifs is 3. The van der Waals surface area contributed by atoms with Gasteiger partial charge in [-0.15, -0.1) is 0 Å². The van der Waals surface area contributed by atoms with E-state index >= 15 is 0 Å². The molecule has 0 saturated heterocycles. The molecule has 126 valence electrons. The van der Waals surface area contributed by atoms with Crippen LogP contribution in [-0.4, -0.2) is 0 Å². The van der Waals surface area contributed by atoms with Crippen LogP contribution in [0, 0.1) is 6.92 Å². The quantitative estimate of drug-likeness (QED) is 0.471. The van der Waals surface area contributed by atoms with Crippen molar-refractivity contribution in [1.82, 2.24) is 0 Å². The Morgan fingerprint density at radius 3 is 1.88 bits per heavy atom. The SMILES string of the molecule is Cc1ccc2c(c1)C(C)(C)c1cc(-c3ccc(C(C)C)cc3)ccc1-2. The summed E-state index contributed by atoms with van der Waals surface area (Å²) in [6.45, 7) is 11.4. The molecule has 1 aliphatic rings. The molecule has 0 aromatic heterocycles. The Kier molecular flexibility index (Phi) is 3.61. The van der Waals surface area contributed by atoms with Crippen molar-refractivity contribution in [3.63, 3.8) is 0 Å². The molecule has 0 heterocycles. The fourth-order valence-corrected chi connectivity index (χ4v) is 4.09. The predicted octanol–water partition coefficient (Wildman–Crippen LogP) is 7.09. The van der Waals surface area contributed by atoms with Crippen LogP contribution >= 0.6 is 0 Å². The smallest absolute Gasteiger partial charge is 0.0159 e. The molecule has 0 N–H and O–H groups in total. The van der Waals surface area contributed by atoms with Gasteiger partial charge in [0.15, 0.2) is 0 Å². The van der Waals surface area contributed by atoms with Gasteiger partial charge in [-0.25, -0.2) is 0 Å². The molecule has 0 bridgehead atoms. The predicted molar refractivity (Wildman–Crippen MR) is 108 cm³/mol. The zero-order valence-corrected chi connectivity index (χ0v) is 15.9. The highest BCUT2D eigenvalue weighted by atomic mass is 14.4. The van der Waals surface area contributed by atoms with Crippen LogP contribution in [-0.2, 0) is 5.41 Å². The van der Waals surface area contributed by atoms with Crippen LogP contribution in [0.2, 0.25) is 0 Å². The molecule has 0 spiro atoms. The lowest BCUT2D eigenvalue weighted by Crippen LogP contribution is -2.15.